The highest BCUT2D eigenvalue weighted by atomic mass is 19.3. The van der Waals surface area contributed by atoms with Gasteiger partial charge in [-0.2, -0.15) is 0 Å². The third-order valence-corrected chi connectivity index (χ3v) is 2.14. The molecule has 0 bridgehead atoms. The SMILES string of the molecule is Cc1ccc(C#CCO)c(C(=O)NCC(F)F)c1. The van der Waals surface area contributed by atoms with Crippen molar-refractivity contribution in [2.75, 3.05) is 13.2 Å². The van der Waals surface area contributed by atoms with E-state index in [0.717, 1.165) is 5.56 Å². The number of amides is 1. The number of benzene rings is 1. The molecule has 2 N–H and O–H groups in total. The fourth-order valence-corrected chi connectivity index (χ4v) is 1.35. The molecule has 0 saturated carbocycles. The maximum Gasteiger partial charge on any atom is 0.255 e. The van der Waals surface area contributed by atoms with Crippen LogP contribution in [0.1, 0.15) is 21.5 Å². The summed E-state index contributed by atoms with van der Waals surface area (Å²) >= 11 is 0. The van der Waals surface area contributed by atoms with Crippen molar-refractivity contribution in [1.82, 2.24) is 5.32 Å². The summed E-state index contributed by atoms with van der Waals surface area (Å²) in [7, 11) is 0. The minimum absolute atomic E-state index is 0.233. The molecule has 3 nitrogen and oxygen atoms in total. The minimum Gasteiger partial charge on any atom is -0.384 e. The van der Waals surface area contributed by atoms with Crippen LogP contribution in [0.4, 0.5) is 8.78 Å². The van der Waals surface area contributed by atoms with Crippen LogP contribution in [0, 0.1) is 18.8 Å². The van der Waals surface area contributed by atoms with Crippen LogP contribution in [0.25, 0.3) is 0 Å². The standard InChI is InChI=1S/C13H13F2NO2/c1-9-4-5-10(3-2-6-17)11(7-9)13(18)16-8-12(14)15/h4-5,7,12,17H,6,8H2,1H3,(H,16,18). The van der Waals surface area contributed by atoms with Gasteiger partial charge in [-0.05, 0) is 19.1 Å². The predicted octanol–water partition coefficient (Wildman–Crippen LogP) is 1.33. The highest BCUT2D eigenvalue weighted by Gasteiger charge is 2.12. The molecule has 1 aromatic rings. The number of rotatable bonds is 3. The second kappa shape index (κ2) is 6.72. The van der Waals surface area contributed by atoms with Crippen molar-refractivity contribution in [3.05, 3.63) is 34.9 Å². The predicted molar refractivity (Wildman–Crippen MR) is 63.5 cm³/mol. The van der Waals surface area contributed by atoms with Crippen LogP contribution in [0.5, 0.6) is 0 Å². The summed E-state index contributed by atoms with van der Waals surface area (Å²) in [5, 5.41) is 10.7. The third kappa shape index (κ3) is 4.15. The summed E-state index contributed by atoms with van der Waals surface area (Å²) in [6.07, 6.45) is -2.59. The van der Waals surface area contributed by atoms with E-state index in [9.17, 15) is 13.6 Å². The lowest BCUT2D eigenvalue weighted by Crippen LogP contribution is -2.29. The van der Waals surface area contributed by atoms with Gasteiger partial charge in [0.2, 0.25) is 0 Å². The summed E-state index contributed by atoms with van der Waals surface area (Å²) in [5.74, 6) is 4.44. The van der Waals surface area contributed by atoms with E-state index in [1.807, 2.05) is 0 Å². The Morgan fingerprint density at radius 3 is 2.83 bits per heavy atom. The monoisotopic (exact) mass is 253 g/mol. The van der Waals surface area contributed by atoms with Gasteiger partial charge in [-0.3, -0.25) is 4.79 Å². The first-order chi connectivity index (χ1) is 8.54. The van der Waals surface area contributed by atoms with E-state index in [4.69, 9.17) is 5.11 Å². The molecule has 0 aliphatic heterocycles. The van der Waals surface area contributed by atoms with Crippen molar-refractivity contribution in [2.45, 2.75) is 13.3 Å². The lowest BCUT2D eigenvalue weighted by atomic mass is 10.0. The van der Waals surface area contributed by atoms with Crippen molar-refractivity contribution in [3.63, 3.8) is 0 Å². The molecule has 0 aliphatic carbocycles. The van der Waals surface area contributed by atoms with E-state index in [2.05, 4.69) is 17.2 Å². The second-order valence-corrected chi connectivity index (χ2v) is 3.61. The summed E-state index contributed by atoms with van der Waals surface area (Å²) in [6, 6.07) is 4.95. The van der Waals surface area contributed by atoms with Gasteiger partial charge in [-0.1, -0.05) is 23.5 Å². The zero-order valence-corrected chi connectivity index (χ0v) is 9.84. The molecule has 0 spiro atoms. The molecule has 0 saturated heterocycles. The van der Waals surface area contributed by atoms with Gasteiger partial charge in [0.25, 0.3) is 12.3 Å². The Balaban J connectivity index is 2.97. The maximum atomic E-state index is 12.0. The molecule has 0 heterocycles. The van der Waals surface area contributed by atoms with Gasteiger partial charge in [0.15, 0.2) is 0 Å². The largest absolute Gasteiger partial charge is 0.384 e. The Kier molecular flexibility index (Phi) is 5.28. The Hall–Kier alpha value is -1.93. The number of alkyl halides is 2. The first kappa shape index (κ1) is 14.1. The lowest BCUT2D eigenvalue weighted by molar-refractivity contribution is 0.0891. The molecule has 0 aliphatic rings. The van der Waals surface area contributed by atoms with Gasteiger partial charge >= 0.3 is 0 Å². The van der Waals surface area contributed by atoms with Crippen LogP contribution < -0.4 is 5.32 Å². The highest BCUT2D eigenvalue weighted by molar-refractivity contribution is 5.96. The third-order valence-electron chi connectivity index (χ3n) is 2.14. The van der Waals surface area contributed by atoms with Crippen LogP contribution in [0.15, 0.2) is 18.2 Å². The van der Waals surface area contributed by atoms with Crippen LogP contribution in [-0.2, 0) is 0 Å². The zero-order chi connectivity index (χ0) is 13.5. The molecule has 0 radical (unpaired) electrons. The normalized spacial score (nSPS) is 9.83. The fourth-order valence-electron chi connectivity index (χ4n) is 1.35. The summed E-state index contributed by atoms with van der Waals surface area (Å²) in [5.41, 5.74) is 1.46. The average molecular weight is 253 g/mol. The quantitative estimate of drug-likeness (QED) is 0.798. The number of aliphatic hydroxyl groups excluding tert-OH is 1. The number of aliphatic hydroxyl groups is 1. The summed E-state index contributed by atoms with van der Waals surface area (Å²) in [4.78, 5) is 11.7. The van der Waals surface area contributed by atoms with Crippen LogP contribution >= 0.6 is 0 Å². The van der Waals surface area contributed by atoms with E-state index < -0.39 is 18.9 Å². The summed E-state index contributed by atoms with van der Waals surface area (Å²) in [6.45, 7) is 0.763. The van der Waals surface area contributed by atoms with E-state index >= 15 is 0 Å². The molecule has 5 heteroatoms. The van der Waals surface area contributed by atoms with Gasteiger partial charge in [-0.25, -0.2) is 8.78 Å². The average Bonchev–Trinajstić information content (AvgIpc) is 2.34. The second-order valence-electron chi connectivity index (χ2n) is 3.61. The van der Waals surface area contributed by atoms with Crippen molar-refractivity contribution < 1.29 is 18.7 Å². The van der Waals surface area contributed by atoms with Crippen LogP contribution in [0.3, 0.4) is 0 Å². The Morgan fingerprint density at radius 1 is 1.50 bits per heavy atom. The van der Waals surface area contributed by atoms with E-state index in [1.165, 1.54) is 0 Å². The van der Waals surface area contributed by atoms with Crippen LogP contribution in [0.2, 0.25) is 0 Å². The van der Waals surface area contributed by atoms with E-state index in [-0.39, 0.29) is 12.2 Å². The first-order valence-corrected chi connectivity index (χ1v) is 5.31. The van der Waals surface area contributed by atoms with E-state index in [1.54, 1.807) is 25.1 Å². The Bertz CT molecular complexity index is 489. The Morgan fingerprint density at radius 2 is 2.22 bits per heavy atom. The molecule has 0 fully saturated rings. The molecule has 0 unspecified atom stereocenters. The molecule has 0 atom stereocenters. The van der Waals surface area contributed by atoms with Gasteiger partial charge in [0.05, 0.1) is 12.1 Å². The molecule has 18 heavy (non-hydrogen) atoms. The van der Waals surface area contributed by atoms with Crippen molar-refractivity contribution >= 4 is 5.91 Å². The first-order valence-electron chi connectivity index (χ1n) is 5.31. The molecule has 96 valence electrons. The van der Waals surface area contributed by atoms with Crippen LogP contribution in [-0.4, -0.2) is 30.6 Å². The number of nitrogens with one attached hydrogen (secondary N) is 1. The number of aryl methyl sites for hydroxylation is 1. The van der Waals surface area contributed by atoms with Crippen molar-refractivity contribution in [3.8, 4) is 11.8 Å². The highest BCUT2D eigenvalue weighted by Crippen LogP contribution is 2.11. The molecule has 1 aromatic carbocycles. The molecular weight excluding hydrogens is 240 g/mol. The number of hydrogen-bond donors (Lipinski definition) is 2. The number of hydrogen-bond acceptors (Lipinski definition) is 2. The number of carbonyl (C=O) groups is 1. The molecular formula is C13H13F2NO2. The van der Waals surface area contributed by atoms with Gasteiger partial charge in [-0.15, -0.1) is 0 Å². The smallest absolute Gasteiger partial charge is 0.255 e. The number of halogens is 2. The van der Waals surface area contributed by atoms with Crippen molar-refractivity contribution in [1.29, 1.82) is 0 Å². The zero-order valence-electron chi connectivity index (χ0n) is 9.84. The fraction of sp³-hybridized carbons (Fsp3) is 0.308. The number of carbonyl (C=O) groups excluding carboxylic acids is 1. The van der Waals surface area contributed by atoms with Gasteiger partial charge in [0.1, 0.15) is 6.61 Å². The van der Waals surface area contributed by atoms with E-state index in [0.29, 0.717) is 5.56 Å². The van der Waals surface area contributed by atoms with Gasteiger partial charge < -0.3 is 10.4 Å². The molecule has 1 amide bonds. The van der Waals surface area contributed by atoms with Gasteiger partial charge in [0, 0.05) is 5.56 Å². The Labute approximate surface area is 104 Å². The lowest BCUT2D eigenvalue weighted by Gasteiger charge is -2.07. The van der Waals surface area contributed by atoms with Crippen molar-refractivity contribution in [2.24, 2.45) is 0 Å². The maximum absolute atomic E-state index is 12.0. The molecule has 0 aromatic heterocycles. The topological polar surface area (TPSA) is 49.3 Å². The molecule has 1 rings (SSSR count). The minimum atomic E-state index is -2.59. The summed E-state index contributed by atoms with van der Waals surface area (Å²) < 4.78 is 24.0.